The van der Waals surface area contributed by atoms with Gasteiger partial charge in [0.2, 0.25) is 17.7 Å². The van der Waals surface area contributed by atoms with Crippen molar-refractivity contribution in [1.82, 2.24) is 30.1 Å². The lowest BCUT2D eigenvalue weighted by Gasteiger charge is -2.22. The number of hydrogen-bond donors (Lipinski definition) is 2. The highest BCUT2D eigenvalue weighted by molar-refractivity contribution is 5.85. The second-order valence-electron chi connectivity index (χ2n) is 8.05. The molecule has 3 aromatic heterocycles. The van der Waals surface area contributed by atoms with Gasteiger partial charge in [-0.05, 0) is 20.8 Å². The number of H-pyrrole nitrogens is 1. The minimum atomic E-state index is -2.74. The highest BCUT2D eigenvalue weighted by atomic mass is 19.3. The molecule has 4 heterocycles. The molecule has 0 saturated carbocycles. The summed E-state index contributed by atoms with van der Waals surface area (Å²) in [5, 5.41) is 11.0. The van der Waals surface area contributed by atoms with Crippen molar-refractivity contribution >= 4 is 22.9 Å². The molecule has 9 nitrogen and oxygen atoms in total. The highest BCUT2D eigenvalue weighted by Gasteiger charge is 2.40. The van der Waals surface area contributed by atoms with Gasteiger partial charge in [0.05, 0.1) is 13.0 Å². The van der Waals surface area contributed by atoms with E-state index in [4.69, 9.17) is 4.42 Å². The van der Waals surface area contributed by atoms with Crippen molar-refractivity contribution in [2.75, 3.05) is 23.3 Å². The van der Waals surface area contributed by atoms with Crippen LogP contribution in [0.5, 0.6) is 0 Å². The fourth-order valence-corrected chi connectivity index (χ4v) is 3.10. The third-order valence-corrected chi connectivity index (χ3v) is 4.22. The molecule has 1 fully saturated rings. The van der Waals surface area contributed by atoms with Gasteiger partial charge in [-0.1, -0.05) is 0 Å². The molecule has 2 N–H and O–H groups in total. The Hall–Kier alpha value is -2.85. The summed E-state index contributed by atoms with van der Waals surface area (Å²) in [6, 6.07) is 0. The number of nitrogens with zero attached hydrogens (tertiary/aromatic N) is 6. The van der Waals surface area contributed by atoms with Crippen LogP contribution in [0.2, 0.25) is 0 Å². The average molecular weight is 392 g/mol. The number of hydrogen-bond acceptors (Lipinski definition) is 8. The minimum Gasteiger partial charge on any atom is -0.425 e. The van der Waals surface area contributed by atoms with E-state index in [0.29, 0.717) is 40.5 Å². The third-order valence-electron chi connectivity index (χ3n) is 4.22. The van der Waals surface area contributed by atoms with Crippen molar-refractivity contribution < 1.29 is 13.2 Å². The predicted molar refractivity (Wildman–Crippen MR) is 98.7 cm³/mol. The second-order valence-corrected chi connectivity index (χ2v) is 8.05. The standard InChI is InChI=1S/C17H22F2N8O/c1-9-25-26-11(28-9)7-10-20-12-13(21-10)22-15(24-16(2,3)4)23-14(12)27-6-5-17(18,19)8-27/h5-8H2,1-4H3,(H2,20,21,22,23,24). The van der Waals surface area contributed by atoms with Gasteiger partial charge in [0, 0.05) is 25.4 Å². The third kappa shape index (κ3) is 3.87. The Morgan fingerprint density at radius 1 is 1.21 bits per heavy atom. The van der Waals surface area contributed by atoms with Crippen molar-refractivity contribution in [3.05, 3.63) is 17.6 Å². The van der Waals surface area contributed by atoms with Crippen molar-refractivity contribution in [2.45, 2.75) is 52.0 Å². The molecule has 0 aromatic carbocycles. The van der Waals surface area contributed by atoms with E-state index in [2.05, 4.69) is 35.5 Å². The van der Waals surface area contributed by atoms with E-state index in [9.17, 15) is 8.78 Å². The molecule has 0 atom stereocenters. The second kappa shape index (κ2) is 6.35. The van der Waals surface area contributed by atoms with Crippen LogP contribution in [0.1, 0.15) is 44.8 Å². The maximum absolute atomic E-state index is 13.8. The van der Waals surface area contributed by atoms with Gasteiger partial charge in [-0.15, -0.1) is 10.2 Å². The van der Waals surface area contributed by atoms with Crippen molar-refractivity contribution in [3.63, 3.8) is 0 Å². The predicted octanol–water partition coefficient (Wildman–Crippen LogP) is 2.69. The fraction of sp³-hybridized carbons (Fsp3) is 0.588. The summed E-state index contributed by atoms with van der Waals surface area (Å²) < 4.78 is 33.0. The van der Waals surface area contributed by atoms with Crippen LogP contribution in [0.25, 0.3) is 11.2 Å². The van der Waals surface area contributed by atoms with Crippen LogP contribution in [0.3, 0.4) is 0 Å². The summed E-state index contributed by atoms with van der Waals surface area (Å²) in [7, 11) is 0. The van der Waals surface area contributed by atoms with Crippen LogP contribution >= 0.6 is 0 Å². The number of aromatic amines is 1. The number of rotatable bonds is 4. The van der Waals surface area contributed by atoms with Gasteiger partial charge in [0.15, 0.2) is 11.5 Å². The number of nitrogens with one attached hydrogen (secondary N) is 2. The van der Waals surface area contributed by atoms with E-state index in [0.717, 1.165) is 0 Å². The summed E-state index contributed by atoms with van der Waals surface area (Å²) in [6.45, 7) is 7.45. The van der Waals surface area contributed by atoms with E-state index in [1.807, 2.05) is 20.8 Å². The molecule has 4 rings (SSSR count). The number of alkyl halides is 2. The van der Waals surface area contributed by atoms with Crippen LogP contribution in [-0.2, 0) is 6.42 Å². The first-order chi connectivity index (χ1) is 13.1. The molecule has 0 amide bonds. The van der Waals surface area contributed by atoms with Crippen LogP contribution in [-0.4, -0.2) is 54.7 Å². The first kappa shape index (κ1) is 18.5. The van der Waals surface area contributed by atoms with E-state index < -0.39 is 5.92 Å². The molecule has 11 heteroatoms. The molecule has 1 saturated heterocycles. The molecule has 0 spiro atoms. The van der Waals surface area contributed by atoms with E-state index in [1.54, 1.807) is 11.8 Å². The molecular formula is C17H22F2N8O. The lowest BCUT2D eigenvalue weighted by atomic mass is 10.1. The normalized spacial score (nSPS) is 16.9. The van der Waals surface area contributed by atoms with Crippen LogP contribution in [0.15, 0.2) is 4.42 Å². The quantitative estimate of drug-likeness (QED) is 0.698. The summed E-state index contributed by atoms with van der Waals surface area (Å²) in [6.07, 6.45) is 0.0810. The lowest BCUT2D eigenvalue weighted by Crippen LogP contribution is -2.29. The molecule has 1 aliphatic rings. The monoisotopic (exact) mass is 392 g/mol. The van der Waals surface area contributed by atoms with Crippen LogP contribution in [0, 0.1) is 6.92 Å². The molecule has 0 bridgehead atoms. The number of aromatic nitrogens is 6. The highest BCUT2D eigenvalue weighted by Crippen LogP contribution is 2.33. The van der Waals surface area contributed by atoms with Gasteiger partial charge in [-0.25, -0.2) is 13.8 Å². The first-order valence-electron chi connectivity index (χ1n) is 9.05. The Labute approximate surface area is 160 Å². The summed E-state index contributed by atoms with van der Waals surface area (Å²) >= 11 is 0. The SMILES string of the molecule is Cc1nnc(Cc2nc3nc(NC(C)(C)C)nc(N4CCC(F)(F)C4)c3[nH]2)o1. The maximum Gasteiger partial charge on any atom is 0.266 e. The first-order valence-corrected chi connectivity index (χ1v) is 9.05. The fourth-order valence-electron chi connectivity index (χ4n) is 3.10. The van der Waals surface area contributed by atoms with Gasteiger partial charge >= 0.3 is 0 Å². The Kier molecular flexibility index (Phi) is 4.20. The molecule has 0 radical (unpaired) electrons. The number of anilines is 2. The van der Waals surface area contributed by atoms with Crippen molar-refractivity contribution in [3.8, 4) is 0 Å². The van der Waals surface area contributed by atoms with Crippen LogP contribution < -0.4 is 10.2 Å². The number of fused-ring (bicyclic) bond motifs is 1. The Bertz CT molecular complexity index is 1010. The van der Waals surface area contributed by atoms with Crippen molar-refractivity contribution in [2.24, 2.45) is 0 Å². The van der Waals surface area contributed by atoms with Crippen molar-refractivity contribution in [1.29, 1.82) is 0 Å². The Morgan fingerprint density at radius 2 is 2.00 bits per heavy atom. The topological polar surface area (TPSA) is 109 Å². The molecule has 150 valence electrons. The smallest absolute Gasteiger partial charge is 0.266 e. The largest absolute Gasteiger partial charge is 0.425 e. The van der Waals surface area contributed by atoms with E-state index in [-0.39, 0.29) is 31.5 Å². The maximum atomic E-state index is 13.8. The molecule has 0 aliphatic carbocycles. The summed E-state index contributed by atoms with van der Waals surface area (Å²) in [4.78, 5) is 18.1. The van der Waals surface area contributed by atoms with Gasteiger partial charge in [0.1, 0.15) is 11.3 Å². The van der Waals surface area contributed by atoms with Gasteiger partial charge < -0.3 is 19.6 Å². The minimum absolute atomic E-state index is 0.206. The zero-order chi connectivity index (χ0) is 20.1. The van der Waals surface area contributed by atoms with Gasteiger partial charge in [0.25, 0.3) is 5.92 Å². The summed E-state index contributed by atoms with van der Waals surface area (Å²) in [5.41, 5.74) is 0.627. The number of aryl methyl sites for hydroxylation is 1. The van der Waals surface area contributed by atoms with Gasteiger partial charge in [-0.3, -0.25) is 0 Å². The Balaban J connectivity index is 1.75. The zero-order valence-corrected chi connectivity index (χ0v) is 16.2. The lowest BCUT2D eigenvalue weighted by molar-refractivity contribution is 0.0257. The molecular weight excluding hydrogens is 370 g/mol. The molecule has 1 aliphatic heterocycles. The molecule has 28 heavy (non-hydrogen) atoms. The summed E-state index contributed by atoms with van der Waals surface area (Å²) in [5.74, 6) is -0.562. The van der Waals surface area contributed by atoms with Gasteiger partial charge in [-0.2, -0.15) is 9.97 Å². The van der Waals surface area contributed by atoms with Crippen LogP contribution in [0.4, 0.5) is 20.5 Å². The Morgan fingerprint density at radius 3 is 2.61 bits per heavy atom. The molecule has 0 unspecified atom stereocenters. The number of halogens is 2. The van der Waals surface area contributed by atoms with E-state index in [1.165, 1.54) is 0 Å². The zero-order valence-electron chi connectivity index (χ0n) is 16.2. The van der Waals surface area contributed by atoms with E-state index >= 15 is 0 Å². The average Bonchev–Trinajstić information content (AvgIpc) is 3.24. The number of imidazole rings is 1. The molecule has 3 aromatic rings.